The maximum Gasteiger partial charge on any atom is 0.144 e. The van der Waals surface area contributed by atoms with Crippen LogP contribution in [0.4, 0.5) is 0 Å². The molecule has 4 N–H and O–H groups in total. The van der Waals surface area contributed by atoms with Crippen LogP contribution in [0.1, 0.15) is 46.4 Å². The van der Waals surface area contributed by atoms with E-state index in [1.54, 1.807) is 0 Å². The number of rotatable bonds is 7. The molecule has 0 bridgehead atoms. The van der Waals surface area contributed by atoms with E-state index in [-0.39, 0.29) is 0 Å². The van der Waals surface area contributed by atoms with Gasteiger partial charge >= 0.3 is 0 Å². The second kappa shape index (κ2) is 10.7. The van der Waals surface area contributed by atoms with E-state index in [0.29, 0.717) is 18.6 Å². The fraction of sp³-hybridized carbons (Fsp3) is 0.419. The lowest BCUT2D eigenvalue weighted by atomic mass is 9.89. The van der Waals surface area contributed by atoms with Gasteiger partial charge < -0.3 is 34.6 Å². The second-order valence-electron chi connectivity index (χ2n) is 10.8. The van der Waals surface area contributed by atoms with Crippen molar-refractivity contribution >= 4 is 0 Å². The Morgan fingerprint density at radius 1 is 0.921 bits per heavy atom. The molecule has 2 aliphatic rings. The minimum absolute atomic E-state index is 0.408. The highest BCUT2D eigenvalue weighted by Gasteiger charge is 2.44. The first-order valence-corrected chi connectivity index (χ1v) is 13.1. The Labute approximate surface area is 223 Å². The largest absolute Gasteiger partial charge is 0.489 e. The molecule has 1 fully saturated rings. The fourth-order valence-electron chi connectivity index (χ4n) is 5.35. The molecule has 2 aliphatic heterocycles. The monoisotopic (exact) mass is 520 g/mol. The van der Waals surface area contributed by atoms with Gasteiger partial charge in [-0.2, -0.15) is 0 Å². The molecule has 1 unspecified atom stereocenters. The Morgan fingerprint density at radius 2 is 1.68 bits per heavy atom. The molecule has 7 heteroatoms. The molecule has 0 aliphatic carbocycles. The van der Waals surface area contributed by atoms with Gasteiger partial charge in [-0.25, -0.2) is 0 Å². The van der Waals surface area contributed by atoms with Crippen LogP contribution < -0.4 is 9.47 Å². The first kappa shape index (κ1) is 26.7. The molecule has 0 aromatic heterocycles. The van der Waals surface area contributed by atoms with Gasteiger partial charge in [0.1, 0.15) is 54.2 Å². The zero-order valence-electron chi connectivity index (χ0n) is 22.0. The molecule has 6 atom stereocenters. The third-order valence-corrected chi connectivity index (χ3v) is 7.73. The lowest BCUT2D eigenvalue weighted by molar-refractivity contribution is -0.231. The van der Waals surface area contributed by atoms with Crippen LogP contribution in [-0.2, 0) is 17.6 Å². The average molecular weight is 521 g/mol. The first-order chi connectivity index (χ1) is 18.2. The van der Waals surface area contributed by atoms with E-state index < -0.39 is 42.7 Å². The van der Waals surface area contributed by atoms with Crippen molar-refractivity contribution in [3.05, 3.63) is 94.0 Å². The Hall–Kier alpha value is -2.94. The number of aliphatic hydroxyl groups is 4. The lowest BCUT2D eigenvalue weighted by Gasteiger charge is -2.40. The number of benzene rings is 3. The summed E-state index contributed by atoms with van der Waals surface area (Å²) in [7, 11) is 0. The predicted octanol–water partition coefficient (Wildman–Crippen LogP) is 3.18. The van der Waals surface area contributed by atoms with Crippen LogP contribution in [0.25, 0.3) is 0 Å². The molecule has 7 nitrogen and oxygen atoms in total. The normalized spacial score (nSPS) is 28.6. The molecule has 38 heavy (non-hydrogen) atoms. The topological polar surface area (TPSA) is 109 Å². The van der Waals surface area contributed by atoms with Gasteiger partial charge in [-0.15, -0.1) is 0 Å². The van der Waals surface area contributed by atoms with E-state index in [0.717, 1.165) is 34.6 Å². The minimum atomic E-state index is -1.40. The number of aryl methyl sites for hydroxylation is 2. The highest BCUT2D eigenvalue weighted by Crippen LogP contribution is 2.37. The van der Waals surface area contributed by atoms with Crippen LogP contribution in [-0.4, -0.2) is 63.7 Å². The van der Waals surface area contributed by atoms with Crippen molar-refractivity contribution in [2.24, 2.45) is 0 Å². The number of aliphatic hydroxyl groups excluding tert-OH is 4. The van der Waals surface area contributed by atoms with Crippen LogP contribution in [0.5, 0.6) is 11.5 Å². The summed E-state index contributed by atoms with van der Waals surface area (Å²) in [6, 6.07) is 19.9. The van der Waals surface area contributed by atoms with E-state index in [4.69, 9.17) is 14.2 Å². The van der Waals surface area contributed by atoms with Crippen LogP contribution in [0.3, 0.4) is 0 Å². The quantitative estimate of drug-likeness (QED) is 0.379. The molecule has 3 aromatic carbocycles. The number of fused-ring (bicyclic) bond motifs is 1. The number of hydrogen-bond acceptors (Lipinski definition) is 7. The van der Waals surface area contributed by atoms with Gasteiger partial charge in [0.15, 0.2) is 0 Å². The maximum absolute atomic E-state index is 10.5. The summed E-state index contributed by atoms with van der Waals surface area (Å²) in [6.45, 7) is 6.19. The van der Waals surface area contributed by atoms with Gasteiger partial charge in [0.05, 0.1) is 6.61 Å². The van der Waals surface area contributed by atoms with Crippen LogP contribution in [0.2, 0.25) is 0 Å². The first-order valence-electron chi connectivity index (χ1n) is 13.1. The second-order valence-corrected chi connectivity index (χ2v) is 10.8. The summed E-state index contributed by atoms with van der Waals surface area (Å²) in [5.74, 6) is 1.71. The molecule has 5 rings (SSSR count). The van der Waals surface area contributed by atoms with Crippen molar-refractivity contribution < 1.29 is 34.6 Å². The van der Waals surface area contributed by atoms with Gasteiger partial charge in [-0.05, 0) is 73.2 Å². The van der Waals surface area contributed by atoms with Crippen molar-refractivity contribution in [1.29, 1.82) is 0 Å². The van der Waals surface area contributed by atoms with E-state index in [1.807, 2.05) is 61.5 Å². The summed E-state index contributed by atoms with van der Waals surface area (Å²) in [4.78, 5) is 0. The molecule has 0 saturated carbocycles. The molecular weight excluding hydrogens is 484 g/mol. The summed E-state index contributed by atoms with van der Waals surface area (Å²) >= 11 is 0. The van der Waals surface area contributed by atoms with E-state index >= 15 is 0 Å². The molecule has 0 amide bonds. The third kappa shape index (κ3) is 5.30. The molecule has 0 spiro atoms. The third-order valence-electron chi connectivity index (χ3n) is 7.73. The van der Waals surface area contributed by atoms with E-state index in [2.05, 4.69) is 19.9 Å². The maximum atomic E-state index is 10.5. The van der Waals surface area contributed by atoms with Crippen LogP contribution in [0, 0.1) is 13.8 Å². The number of ether oxygens (including phenoxy) is 3. The van der Waals surface area contributed by atoms with Gasteiger partial charge in [-0.3, -0.25) is 0 Å². The zero-order chi connectivity index (χ0) is 27.0. The Bertz CT molecular complexity index is 1270. The van der Waals surface area contributed by atoms with Crippen molar-refractivity contribution in [3.63, 3.8) is 0 Å². The van der Waals surface area contributed by atoms with Crippen molar-refractivity contribution in [1.82, 2.24) is 0 Å². The van der Waals surface area contributed by atoms with E-state index in [1.165, 1.54) is 11.1 Å². The van der Waals surface area contributed by atoms with Crippen LogP contribution >= 0.6 is 0 Å². The average Bonchev–Trinajstić information content (AvgIpc) is 3.26. The van der Waals surface area contributed by atoms with Crippen molar-refractivity contribution in [2.75, 3.05) is 13.2 Å². The van der Waals surface area contributed by atoms with Gasteiger partial charge in [0.2, 0.25) is 0 Å². The molecule has 3 aromatic rings. The summed E-state index contributed by atoms with van der Waals surface area (Å²) in [5, 5.41) is 40.3. The summed E-state index contributed by atoms with van der Waals surface area (Å²) in [5.41, 5.74) is 5.99. The zero-order valence-corrected chi connectivity index (χ0v) is 22.0. The van der Waals surface area contributed by atoms with Crippen molar-refractivity contribution in [3.8, 4) is 11.5 Å². The standard InChI is InChI=1S/C31H36O7/c1-18-7-10-21(30-29(35)28(34)27(33)26(16-32)37-30)14-22(18)13-20-8-11-23(12-9-20)36-17-31(3)15-24-19(2)5-4-6-25(24)38-31/h4-12,14,26-30,32-35H,13,15-17H2,1-3H3/t26-,27-,28+,29-,30+,31?/m1/s1. The predicted molar refractivity (Wildman–Crippen MR) is 143 cm³/mol. The smallest absolute Gasteiger partial charge is 0.144 e. The highest BCUT2D eigenvalue weighted by atomic mass is 16.6. The summed E-state index contributed by atoms with van der Waals surface area (Å²) < 4.78 is 18.1. The lowest BCUT2D eigenvalue weighted by Crippen LogP contribution is -2.55. The Morgan fingerprint density at radius 3 is 2.39 bits per heavy atom. The minimum Gasteiger partial charge on any atom is -0.489 e. The Kier molecular flexibility index (Phi) is 7.49. The van der Waals surface area contributed by atoms with Gasteiger partial charge in [-0.1, -0.05) is 42.5 Å². The Balaban J connectivity index is 1.24. The molecular formula is C31H36O7. The number of hydrogen-bond donors (Lipinski definition) is 4. The molecule has 202 valence electrons. The van der Waals surface area contributed by atoms with Crippen molar-refractivity contribution in [2.45, 2.75) is 69.7 Å². The highest BCUT2D eigenvalue weighted by molar-refractivity contribution is 5.44. The SMILES string of the molecule is Cc1ccc([C@@H]2O[C@H](CO)[C@@H](O)[C@H](O)[C@H]2O)cc1Cc1ccc(OCC2(C)Cc3c(C)cccc3O2)cc1. The van der Waals surface area contributed by atoms with Gasteiger partial charge in [0, 0.05) is 12.0 Å². The fourth-order valence-corrected chi connectivity index (χ4v) is 5.35. The molecule has 2 heterocycles. The van der Waals surface area contributed by atoms with Gasteiger partial charge in [0.25, 0.3) is 0 Å². The molecule has 1 saturated heterocycles. The molecule has 0 radical (unpaired) electrons. The van der Waals surface area contributed by atoms with Crippen LogP contribution in [0.15, 0.2) is 60.7 Å². The summed E-state index contributed by atoms with van der Waals surface area (Å²) in [6.07, 6.45) is -4.40. The van der Waals surface area contributed by atoms with E-state index in [9.17, 15) is 20.4 Å².